The average Bonchev–Trinajstić information content (AvgIpc) is 2.88. The molecule has 0 radical (unpaired) electrons. The number of aliphatic carboxylic acids is 1. The van der Waals surface area contributed by atoms with Crippen molar-refractivity contribution in [3.05, 3.63) is 71.4 Å². The van der Waals surface area contributed by atoms with Crippen molar-refractivity contribution in [1.29, 1.82) is 0 Å². The molecule has 6 heteroatoms. The summed E-state index contributed by atoms with van der Waals surface area (Å²) < 4.78 is 5.35. The molecule has 4 rings (SSSR count). The molecule has 1 fully saturated rings. The van der Waals surface area contributed by atoms with Gasteiger partial charge in [-0.1, -0.05) is 30.0 Å². The number of hydrogen-bond donors (Lipinski definition) is 2. The topological polar surface area (TPSA) is 82.9 Å². The van der Waals surface area contributed by atoms with Crippen LogP contribution in [0, 0.1) is 30.6 Å². The fourth-order valence-corrected chi connectivity index (χ4v) is 5.19. The van der Waals surface area contributed by atoms with E-state index in [1.165, 1.54) is 0 Å². The molecule has 0 amide bonds. The lowest BCUT2D eigenvalue weighted by Crippen LogP contribution is -2.41. The maximum absolute atomic E-state index is 11.6. The highest BCUT2D eigenvalue weighted by Gasteiger charge is 2.31. The van der Waals surface area contributed by atoms with Gasteiger partial charge in [-0.2, -0.15) is 0 Å². The molecule has 0 spiro atoms. The molecule has 6 nitrogen and oxygen atoms in total. The standard InChI is InChI=1S/C30H34N2O4/c1-21-6-3-4-7-22(21)8-5-16-32-17-14-23(24(20-32)18-30(34)35)9-12-29(33)26-13-15-31-28-11-10-25(36-2)19-27(26)28/h3-4,6-7,10-11,13,15,19,23-24,29,33H,9,12,14,16-18,20H2,1-2H3,(H,34,35)/t23-,24+,29?/m1/s1. The van der Waals surface area contributed by atoms with E-state index in [4.69, 9.17) is 4.74 Å². The summed E-state index contributed by atoms with van der Waals surface area (Å²) >= 11 is 0. The summed E-state index contributed by atoms with van der Waals surface area (Å²) in [6.45, 7) is 4.28. The Morgan fingerprint density at radius 1 is 1.22 bits per heavy atom. The summed E-state index contributed by atoms with van der Waals surface area (Å²) in [7, 11) is 1.62. The number of ether oxygens (including phenoxy) is 1. The average molecular weight is 487 g/mol. The quantitative estimate of drug-likeness (QED) is 0.444. The van der Waals surface area contributed by atoms with Gasteiger partial charge in [-0.15, -0.1) is 0 Å². The number of likely N-dealkylation sites (tertiary alicyclic amines) is 1. The second-order valence-electron chi connectivity index (χ2n) is 9.63. The van der Waals surface area contributed by atoms with E-state index in [0.717, 1.165) is 52.7 Å². The zero-order chi connectivity index (χ0) is 25.5. The van der Waals surface area contributed by atoms with Crippen LogP contribution in [-0.2, 0) is 4.79 Å². The van der Waals surface area contributed by atoms with Gasteiger partial charge in [0.2, 0.25) is 0 Å². The number of aryl methyl sites for hydroxylation is 1. The minimum Gasteiger partial charge on any atom is -0.497 e. The Kier molecular flexibility index (Phi) is 8.58. The van der Waals surface area contributed by atoms with Gasteiger partial charge in [0.05, 0.1) is 25.3 Å². The van der Waals surface area contributed by atoms with Crippen LogP contribution in [0.1, 0.15) is 48.5 Å². The van der Waals surface area contributed by atoms with Crippen LogP contribution in [0.25, 0.3) is 10.9 Å². The van der Waals surface area contributed by atoms with Crippen LogP contribution in [0.5, 0.6) is 5.75 Å². The smallest absolute Gasteiger partial charge is 0.303 e. The molecule has 1 unspecified atom stereocenters. The van der Waals surface area contributed by atoms with Crippen molar-refractivity contribution in [1.82, 2.24) is 9.88 Å². The van der Waals surface area contributed by atoms with Gasteiger partial charge in [-0.25, -0.2) is 0 Å². The Morgan fingerprint density at radius 3 is 2.83 bits per heavy atom. The highest BCUT2D eigenvalue weighted by molar-refractivity contribution is 5.83. The molecule has 0 aliphatic carbocycles. The van der Waals surface area contributed by atoms with E-state index in [9.17, 15) is 15.0 Å². The van der Waals surface area contributed by atoms with E-state index in [1.54, 1.807) is 13.3 Å². The molecule has 0 bridgehead atoms. The third kappa shape index (κ3) is 6.42. The monoisotopic (exact) mass is 486 g/mol. The highest BCUT2D eigenvalue weighted by atomic mass is 16.5. The first-order valence-corrected chi connectivity index (χ1v) is 12.5. The number of carboxylic acids is 1. The lowest BCUT2D eigenvalue weighted by Gasteiger charge is -2.37. The third-order valence-corrected chi connectivity index (χ3v) is 7.24. The minimum absolute atomic E-state index is 0.0398. The maximum atomic E-state index is 11.6. The number of carboxylic acid groups (broad SMARTS) is 1. The number of aliphatic hydroxyl groups is 1. The minimum atomic E-state index is -0.773. The number of methoxy groups -OCH3 is 1. The molecule has 3 atom stereocenters. The number of hydrogen-bond acceptors (Lipinski definition) is 5. The second-order valence-corrected chi connectivity index (χ2v) is 9.63. The molecule has 188 valence electrons. The van der Waals surface area contributed by atoms with Crippen molar-refractivity contribution in [2.24, 2.45) is 11.8 Å². The van der Waals surface area contributed by atoms with Gasteiger partial charge in [0.15, 0.2) is 0 Å². The normalized spacial score (nSPS) is 18.9. The molecule has 2 heterocycles. The van der Waals surface area contributed by atoms with Gasteiger partial charge >= 0.3 is 5.97 Å². The van der Waals surface area contributed by atoms with Crippen LogP contribution in [0.3, 0.4) is 0 Å². The van der Waals surface area contributed by atoms with Gasteiger partial charge in [0.1, 0.15) is 5.75 Å². The molecular weight excluding hydrogens is 452 g/mol. The van der Waals surface area contributed by atoms with E-state index in [0.29, 0.717) is 19.5 Å². The Bertz CT molecular complexity index is 1260. The van der Waals surface area contributed by atoms with Crippen molar-refractivity contribution in [2.75, 3.05) is 26.7 Å². The first-order chi connectivity index (χ1) is 17.4. The number of aromatic nitrogens is 1. The summed E-state index contributed by atoms with van der Waals surface area (Å²) in [5.41, 5.74) is 3.84. The van der Waals surface area contributed by atoms with E-state index in [2.05, 4.69) is 34.7 Å². The van der Waals surface area contributed by atoms with Crippen LogP contribution < -0.4 is 4.74 Å². The second kappa shape index (κ2) is 12.0. The van der Waals surface area contributed by atoms with E-state index < -0.39 is 12.1 Å². The molecule has 36 heavy (non-hydrogen) atoms. The number of aliphatic hydroxyl groups excluding tert-OH is 1. The van der Waals surface area contributed by atoms with Gasteiger partial charge in [-0.05, 0) is 86.0 Å². The molecular formula is C30H34N2O4. The van der Waals surface area contributed by atoms with Crippen molar-refractivity contribution in [2.45, 2.75) is 38.7 Å². The summed E-state index contributed by atoms with van der Waals surface area (Å²) in [5, 5.41) is 21.5. The summed E-state index contributed by atoms with van der Waals surface area (Å²) in [6, 6.07) is 15.6. The van der Waals surface area contributed by atoms with E-state index in [1.807, 2.05) is 42.5 Å². The lowest BCUT2D eigenvalue weighted by molar-refractivity contribution is -0.139. The highest BCUT2D eigenvalue weighted by Crippen LogP contribution is 2.34. The summed E-state index contributed by atoms with van der Waals surface area (Å²) in [4.78, 5) is 18.3. The number of rotatable bonds is 8. The van der Waals surface area contributed by atoms with Gasteiger partial charge < -0.3 is 14.9 Å². The number of carbonyl (C=O) groups is 1. The first kappa shape index (κ1) is 25.7. The molecule has 1 aliphatic rings. The largest absolute Gasteiger partial charge is 0.497 e. The van der Waals surface area contributed by atoms with Crippen LogP contribution in [0.2, 0.25) is 0 Å². The Balaban J connectivity index is 1.39. The Labute approximate surface area is 212 Å². The summed E-state index contributed by atoms with van der Waals surface area (Å²) in [6.07, 6.45) is 3.46. The molecule has 1 aliphatic heterocycles. The number of nitrogens with zero attached hydrogens (tertiary/aromatic N) is 2. The zero-order valence-corrected chi connectivity index (χ0v) is 21.0. The van der Waals surface area contributed by atoms with Crippen molar-refractivity contribution in [3.8, 4) is 17.6 Å². The fourth-order valence-electron chi connectivity index (χ4n) is 5.19. The van der Waals surface area contributed by atoms with Crippen molar-refractivity contribution in [3.63, 3.8) is 0 Å². The number of benzene rings is 2. The molecule has 1 saturated heterocycles. The van der Waals surface area contributed by atoms with Crippen LogP contribution in [-0.4, -0.2) is 52.8 Å². The number of piperidine rings is 1. The lowest BCUT2D eigenvalue weighted by atomic mass is 9.79. The van der Waals surface area contributed by atoms with Gasteiger partial charge in [0.25, 0.3) is 0 Å². The molecule has 2 aromatic carbocycles. The zero-order valence-electron chi connectivity index (χ0n) is 21.0. The maximum Gasteiger partial charge on any atom is 0.303 e. The Hall–Kier alpha value is -3.40. The number of pyridine rings is 1. The van der Waals surface area contributed by atoms with E-state index >= 15 is 0 Å². The van der Waals surface area contributed by atoms with Gasteiger partial charge in [-0.3, -0.25) is 14.7 Å². The predicted molar refractivity (Wildman–Crippen MR) is 141 cm³/mol. The van der Waals surface area contributed by atoms with Crippen LogP contribution >= 0.6 is 0 Å². The first-order valence-electron chi connectivity index (χ1n) is 12.5. The molecule has 1 aromatic heterocycles. The SMILES string of the molecule is COc1ccc2nccc(C(O)CC[C@@H]3CCN(CC#Cc4ccccc4C)C[C@@H]3CC(=O)O)c2c1. The van der Waals surface area contributed by atoms with Crippen molar-refractivity contribution >= 4 is 16.9 Å². The molecule has 2 N–H and O–H groups in total. The molecule has 0 saturated carbocycles. The van der Waals surface area contributed by atoms with Crippen LogP contribution in [0.15, 0.2) is 54.7 Å². The van der Waals surface area contributed by atoms with Crippen LogP contribution in [0.4, 0.5) is 0 Å². The van der Waals surface area contributed by atoms with Crippen molar-refractivity contribution < 1.29 is 19.7 Å². The third-order valence-electron chi connectivity index (χ3n) is 7.24. The van der Waals surface area contributed by atoms with E-state index in [-0.39, 0.29) is 18.3 Å². The fraction of sp³-hybridized carbons (Fsp3) is 0.400. The predicted octanol–water partition coefficient (Wildman–Crippen LogP) is 4.83. The molecule has 3 aromatic rings. The Morgan fingerprint density at radius 2 is 2.06 bits per heavy atom. The van der Waals surface area contributed by atoms with Gasteiger partial charge in [0, 0.05) is 30.1 Å². The number of fused-ring (bicyclic) bond motifs is 1. The summed E-state index contributed by atoms with van der Waals surface area (Å²) in [5.74, 6) is 6.77.